The predicted molar refractivity (Wildman–Crippen MR) is 113 cm³/mol. The van der Waals surface area contributed by atoms with Gasteiger partial charge in [0.05, 0.1) is 14.2 Å². The predicted octanol–water partition coefficient (Wildman–Crippen LogP) is 4.66. The van der Waals surface area contributed by atoms with Gasteiger partial charge in [0.1, 0.15) is 17.2 Å². The quantitative estimate of drug-likeness (QED) is 0.521. The standard InChI is InChI=1S/C22H20N4O3/c1-28-17-12-11-16(14-18(17)29-2)23-22(27)25-21-20(15-8-4-3-5-9-15)24-19-10-6-7-13-26(19)21/h3-14H,1-2H3,(H2,23,25,27). The van der Waals surface area contributed by atoms with E-state index >= 15 is 0 Å². The molecule has 2 N–H and O–H groups in total. The highest BCUT2D eigenvalue weighted by Gasteiger charge is 2.16. The van der Waals surface area contributed by atoms with Crippen LogP contribution in [0.3, 0.4) is 0 Å². The van der Waals surface area contributed by atoms with Crippen molar-refractivity contribution in [3.05, 3.63) is 72.9 Å². The number of urea groups is 1. The molecule has 2 amide bonds. The second kappa shape index (κ2) is 7.93. The van der Waals surface area contributed by atoms with Crippen LogP contribution in [0.2, 0.25) is 0 Å². The van der Waals surface area contributed by atoms with Gasteiger partial charge in [-0.3, -0.25) is 9.72 Å². The number of carbonyl (C=O) groups is 1. The maximum atomic E-state index is 12.7. The summed E-state index contributed by atoms with van der Waals surface area (Å²) in [6.07, 6.45) is 1.86. The molecule has 2 heterocycles. The van der Waals surface area contributed by atoms with E-state index in [1.807, 2.05) is 59.1 Å². The Morgan fingerprint density at radius 2 is 1.66 bits per heavy atom. The summed E-state index contributed by atoms with van der Waals surface area (Å²) in [4.78, 5) is 17.4. The molecule has 2 aromatic carbocycles. The van der Waals surface area contributed by atoms with Crippen LogP contribution in [0.15, 0.2) is 72.9 Å². The van der Waals surface area contributed by atoms with E-state index in [0.29, 0.717) is 28.7 Å². The highest BCUT2D eigenvalue weighted by molar-refractivity contribution is 6.02. The number of hydrogen-bond donors (Lipinski definition) is 2. The number of anilines is 2. The van der Waals surface area contributed by atoms with Gasteiger partial charge < -0.3 is 14.8 Å². The number of pyridine rings is 1. The van der Waals surface area contributed by atoms with Gasteiger partial charge >= 0.3 is 6.03 Å². The normalized spacial score (nSPS) is 10.6. The first-order valence-electron chi connectivity index (χ1n) is 9.02. The molecule has 7 nitrogen and oxygen atoms in total. The lowest BCUT2D eigenvalue weighted by atomic mass is 10.1. The Labute approximate surface area is 167 Å². The molecule has 0 aliphatic rings. The minimum Gasteiger partial charge on any atom is -0.493 e. The van der Waals surface area contributed by atoms with E-state index in [1.54, 1.807) is 32.4 Å². The number of nitrogens with zero attached hydrogens (tertiary/aromatic N) is 2. The van der Waals surface area contributed by atoms with Crippen LogP contribution in [0.25, 0.3) is 16.9 Å². The molecule has 7 heteroatoms. The highest BCUT2D eigenvalue weighted by Crippen LogP contribution is 2.31. The van der Waals surface area contributed by atoms with Crippen LogP contribution in [0, 0.1) is 0 Å². The summed E-state index contributed by atoms with van der Waals surface area (Å²) >= 11 is 0. The molecule has 146 valence electrons. The molecule has 4 aromatic rings. The zero-order chi connectivity index (χ0) is 20.2. The smallest absolute Gasteiger partial charge is 0.324 e. The average molecular weight is 388 g/mol. The Hall–Kier alpha value is -4.00. The molecule has 0 saturated heterocycles. The summed E-state index contributed by atoms with van der Waals surface area (Å²) in [5.74, 6) is 1.71. The third-order valence-corrected chi connectivity index (χ3v) is 4.45. The molecule has 4 rings (SSSR count). The van der Waals surface area contributed by atoms with E-state index < -0.39 is 0 Å². The minimum absolute atomic E-state index is 0.389. The Morgan fingerprint density at radius 3 is 2.41 bits per heavy atom. The fraction of sp³-hybridized carbons (Fsp3) is 0.0909. The number of carbonyl (C=O) groups excluding carboxylic acids is 1. The lowest BCUT2D eigenvalue weighted by molar-refractivity contribution is 0.262. The lowest BCUT2D eigenvalue weighted by Crippen LogP contribution is -2.20. The fourth-order valence-corrected chi connectivity index (χ4v) is 3.10. The second-order valence-electron chi connectivity index (χ2n) is 6.25. The van der Waals surface area contributed by atoms with Gasteiger partial charge in [-0.15, -0.1) is 0 Å². The fourth-order valence-electron chi connectivity index (χ4n) is 3.10. The van der Waals surface area contributed by atoms with Crippen LogP contribution in [0.5, 0.6) is 11.5 Å². The third kappa shape index (κ3) is 3.70. The molecule has 0 atom stereocenters. The number of rotatable bonds is 5. The van der Waals surface area contributed by atoms with E-state index in [0.717, 1.165) is 11.2 Å². The number of hydrogen-bond acceptors (Lipinski definition) is 4. The molecule has 0 fully saturated rings. The van der Waals surface area contributed by atoms with Crippen LogP contribution in [-0.2, 0) is 0 Å². The Balaban J connectivity index is 1.65. The first-order valence-corrected chi connectivity index (χ1v) is 9.02. The number of benzene rings is 2. The minimum atomic E-state index is -0.389. The van der Waals surface area contributed by atoms with Crippen molar-refractivity contribution < 1.29 is 14.3 Å². The summed E-state index contributed by atoms with van der Waals surface area (Å²) in [6.45, 7) is 0. The number of methoxy groups -OCH3 is 2. The van der Waals surface area contributed by atoms with Crippen molar-refractivity contribution in [1.82, 2.24) is 9.38 Å². The van der Waals surface area contributed by atoms with Crippen molar-refractivity contribution in [2.75, 3.05) is 24.9 Å². The van der Waals surface area contributed by atoms with Gasteiger partial charge in [-0.1, -0.05) is 36.4 Å². The summed E-state index contributed by atoms with van der Waals surface area (Å²) in [5, 5.41) is 5.75. The van der Waals surface area contributed by atoms with Gasteiger partial charge in [-0.2, -0.15) is 0 Å². The van der Waals surface area contributed by atoms with Gasteiger partial charge in [-0.05, 0) is 24.3 Å². The summed E-state index contributed by atoms with van der Waals surface area (Å²) in [7, 11) is 3.11. The third-order valence-electron chi connectivity index (χ3n) is 4.45. The molecule has 2 aromatic heterocycles. The molecule has 0 unspecified atom stereocenters. The van der Waals surface area contributed by atoms with Gasteiger partial charge in [0.25, 0.3) is 0 Å². The number of imidazole rings is 1. The van der Waals surface area contributed by atoms with Crippen LogP contribution in [-0.4, -0.2) is 29.6 Å². The molecule has 29 heavy (non-hydrogen) atoms. The number of ether oxygens (including phenoxy) is 2. The molecular weight excluding hydrogens is 368 g/mol. The van der Waals surface area contributed by atoms with Crippen molar-refractivity contribution in [3.63, 3.8) is 0 Å². The van der Waals surface area contributed by atoms with Crippen LogP contribution in [0.1, 0.15) is 0 Å². The molecule has 0 aliphatic carbocycles. The Morgan fingerprint density at radius 1 is 0.897 bits per heavy atom. The first-order chi connectivity index (χ1) is 14.2. The van der Waals surface area contributed by atoms with Crippen LogP contribution < -0.4 is 20.1 Å². The van der Waals surface area contributed by atoms with E-state index in [4.69, 9.17) is 9.47 Å². The van der Waals surface area contributed by atoms with Crippen molar-refractivity contribution in [1.29, 1.82) is 0 Å². The largest absolute Gasteiger partial charge is 0.493 e. The van der Waals surface area contributed by atoms with E-state index in [9.17, 15) is 4.79 Å². The summed E-state index contributed by atoms with van der Waals surface area (Å²) in [6, 6.07) is 20.2. The monoisotopic (exact) mass is 388 g/mol. The highest BCUT2D eigenvalue weighted by atomic mass is 16.5. The Kier molecular flexibility index (Phi) is 5.03. The Bertz CT molecular complexity index is 1160. The molecule has 0 bridgehead atoms. The van der Waals surface area contributed by atoms with Crippen molar-refractivity contribution in [2.24, 2.45) is 0 Å². The molecule has 0 spiro atoms. The number of nitrogens with one attached hydrogen (secondary N) is 2. The number of fused-ring (bicyclic) bond motifs is 1. The van der Waals surface area contributed by atoms with Crippen LogP contribution in [0.4, 0.5) is 16.3 Å². The van der Waals surface area contributed by atoms with Gasteiger partial charge in [0.2, 0.25) is 0 Å². The van der Waals surface area contributed by atoms with Crippen molar-refractivity contribution >= 4 is 23.2 Å². The second-order valence-corrected chi connectivity index (χ2v) is 6.25. The topological polar surface area (TPSA) is 76.9 Å². The van der Waals surface area contributed by atoms with Crippen molar-refractivity contribution in [3.8, 4) is 22.8 Å². The molecule has 0 aliphatic heterocycles. The van der Waals surface area contributed by atoms with Gasteiger partial charge in [0.15, 0.2) is 11.5 Å². The average Bonchev–Trinajstić information content (AvgIpc) is 3.12. The zero-order valence-electron chi connectivity index (χ0n) is 16.0. The lowest BCUT2D eigenvalue weighted by Gasteiger charge is -2.12. The first kappa shape index (κ1) is 18.4. The van der Waals surface area contributed by atoms with Crippen molar-refractivity contribution in [2.45, 2.75) is 0 Å². The van der Waals surface area contributed by atoms with Crippen LogP contribution >= 0.6 is 0 Å². The zero-order valence-corrected chi connectivity index (χ0v) is 16.0. The number of amides is 2. The number of aromatic nitrogens is 2. The maximum Gasteiger partial charge on any atom is 0.324 e. The van der Waals surface area contributed by atoms with E-state index in [2.05, 4.69) is 15.6 Å². The van der Waals surface area contributed by atoms with E-state index in [-0.39, 0.29) is 6.03 Å². The van der Waals surface area contributed by atoms with Gasteiger partial charge in [0, 0.05) is 23.5 Å². The molecule has 0 radical (unpaired) electrons. The SMILES string of the molecule is COc1ccc(NC(=O)Nc2c(-c3ccccc3)nc3ccccn23)cc1OC. The maximum absolute atomic E-state index is 12.7. The van der Waals surface area contributed by atoms with E-state index in [1.165, 1.54) is 0 Å². The summed E-state index contributed by atoms with van der Waals surface area (Å²) in [5.41, 5.74) is 2.93. The molecule has 0 saturated carbocycles. The van der Waals surface area contributed by atoms with Gasteiger partial charge in [-0.25, -0.2) is 9.78 Å². The molecular formula is C22H20N4O3. The summed E-state index contributed by atoms with van der Waals surface area (Å²) < 4.78 is 12.4.